The molecule has 2 aromatic carbocycles. The lowest BCUT2D eigenvalue weighted by Gasteiger charge is -2.28. The topological polar surface area (TPSA) is 54.8 Å². The SMILES string of the molecule is CCCC(=O)N(CCOC)CC(=O)N(Cc1ccccc1)Cc1cccn1Cc1cccc(C(F)(F)F)c1. The molecular formula is C29H34F3N3O3. The van der Waals surface area contributed by atoms with E-state index >= 15 is 0 Å². The van der Waals surface area contributed by atoms with Crippen molar-refractivity contribution in [1.29, 1.82) is 0 Å². The Kier molecular flexibility index (Phi) is 10.5. The van der Waals surface area contributed by atoms with Gasteiger partial charge in [0.1, 0.15) is 0 Å². The highest BCUT2D eigenvalue weighted by molar-refractivity contribution is 5.84. The Labute approximate surface area is 221 Å². The van der Waals surface area contributed by atoms with Gasteiger partial charge in [-0.15, -0.1) is 0 Å². The lowest BCUT2D eigenvalue weighted by molar-refractivity contribution is -0.141. The van der Waals surface area contributed by atoms with Crippen LogP contribution in [0.15, 0.2) is 72.9 Å². The highest BCUT2D eigenvalue weighted by Crippen LogP contribution is 2.29. The second-order valence-corrected chi connectivity index (χ2v) is 9.12. The minimum atomic E-state index is -4.42. The predicted molar refractivity (Wildman–Crippen MR) is 139 cm³/mol. The number of alkyl halides is 3. The van der Waals surface area contributed by atoms with Crippen LogP contribution in [0.25, 0.3) is 0 Å². The van der Waals surface area contributed by atoms with Crippen LogP contribution >= 0.6 is 0 Å². The highest BCUT2D eigenvalue weighted by Gasteiger charge is 2.30. The molecule has 1 aromatic heterocycles. The van der Waals surface area contributed by atoms with Gasteiger partial charge in [-0.05, 0) is 41.8 Å². The Balaban J connectivity index is 1.82. The van der Waals surface area contributed by atoms with E-state index in [2.05, 4.69) is 0 Å². The monoisotopic (exact) mass is 529 g/mol. The zero-order valence-corrected chi connectivity index (χ0v) is 21.8. The second kappa shape index (κ2) is 13.8. The molecule has 9 heteroatoms. The van der Waals surface area contributed by atoms with Crippen LogP contribution in [-0.4, -0.2) is 53.0 Å². The van der Waals surface area contributed by atoms with Crippen LogP contribution in [0.4, 0.5) is 13.2 Å². The van der Waals surface area contributed by atoms with E-state index in [-0.39, 0.29) is 31.4 Å². The number of halogens is 3. The number of hydrogen-bond donors (Lipinski definition) is 0. The number of benzene rings is 2. The minimum Gasteiger partial charge on any atom is -0.383 e. The number of carbonyl (C=O) groups excluding carboxylic acids is 2. The van der Waals surface area contributed by atoms with Gasteiger partial charge in [-0.25, -0.2) is 0 Å². The fourth-order valence-corrected chi connectivity index (χ4v) is 4.15. The molecule has 0 aliphatic rings. The van der Waals surface area contributed by atoms with Gasteiger partial charge in [-0.2, -0.15) is 13.2 Å². The fourth-order valence-electron chi connectivity index (χ4n) is 4.15. The third-order valence-corrected chi connectivity index (χ3v) is 6.16. The van der Waals surface area contributed by atoms with E-state index in [1.54, 1.807) is 24.3 Å². The zero-order chi connectivity index (χ0) is 27.5. The molecule has 0 spiro atoms. The number of carbonyl (C=O) groups is 2. The Morgan fingerprint density at radius 3 is 2.32 bits per heavy atom. The second-order valence-electron chi connectivity index (χ2n) is 9.12. The third-order valence-electron chi connectivity index (χ3n) is 6.16. The maximum atomic E-state index is 13.5. The van der Waals surface area contributed by atoms with Gasteiger partial charge < -0.3 is 19.1 Å². The number of aromatic nitrogens is 1. The van der Waals surface area contributed by atoms with Crippen LogP contribution in [0.3, 0.4) is 0 Å². The van der Waals surface area contributed by atoms with Crippen molar-refractivity contribution in [3.8, 4) is 0 Å². The van der Waals surface area contributed by atoms with E-state index in [0.717, 1.165) is 23.4 Å². The van der Waals surface area contributed by atoms with E-state index < -0.39 is 11.7 Å². The number of ether oxygens (including phenoxy) is 1. The van der Waals surface area contributed by atoms with Crippen LogP contribution in [0, 0.1) is 0 Å². The summed E-state index contributed by atoms with van der Waals surface area (Å²) in [4.78, 5) is 29.4. The van der Waals surface area contributed by atoms with E-state index in [9.17, 15) is 22.8 Å². The minimum absolute atomic E-state index is 0.0800. The molecule has 0 bridgehead atoms. The molecule has 3 rings (SSSR count). The van der Waals surface area contributed by atoms with Gasteiger partial charge >= 0.3 is 6.18 Å². The summed E-state index contributed by atoms with van der Waals surface area (Å²) in [6, 6.07) is 18.4. The Hall–Kier alpha value is -3.59. The van der Waals surface area contributed by atoms with Gasteiger partial charge in [0.25, 0.3) is 0 Å². The average molecular weight is 530 g/mol. The molecule has 3 aromatic rings. The van der Waals surface area contributed by atoms with Crippen LogP contribution in [-0.2, 0) is 40.1 Å². The maximum Gasteiger partial charge on any atom is 0.416 e. The van der Waals surface area contributed by atoms with Gasteiger partial charge in [-0.3, -0.25) is 9.59 Å². The van der Waals surface area contributed by atoms with Gasteiger partial charge in [0.2, 0.25) is 11.8 Å². The van der Waals surface area contributed by atoms with Crippen molar-refractivity contribution < 1.29 is 27.5 Å². The molecule has 0 saturated heterocycles. The molecule has 0 radical (unpaired) electrons. The molecular weight excluding hydrogens is 495 g/mol. The highest BCUT2D eigenvalue weighted by atomic mass is 19.4. The van der Waals surface area contributed by atoms with E-state index in [0.29, 0.717) is 38.1 Å². The molecule has 0 aliphatic carbocycles. The van der Waals surface area contributed by atoms with Crippen molar-refractivity contribution in [3.05, 3.63) is 95.3 Å². The Morgan fingerprint density at radius 1 is 0.895 bits per heavy atom. The summed E-state index contributed by atoms with van der Waals surface area (Å²) in [6.07, 6.45) is -1.61. The number of nitrogens with zero attached hydrogens (tertiary/aromatic N) is 3. The van der Waals surface area contributed by atoms with Crippen molar-refractivity contribution in [2.45, 2.75) is 45.6 Å². The standard InChI is InChI=1S/C29H34F3N3O3/c1-3-9-27(36)34(16-17-38-2)22-28(37)35(19-23-10-5-4-6-11-23)21-26-14-8-15-33(26)20-24-12-7-13-25(18-24)29(30,31)32/h4-8,10-15,18H,3,9,16-17,19-22H2,1-2H3. The first-order valence-electron chi connectivity index (χ1n) is 12.6. The predicted octanol–water partition coefficient (Wildman–Crippen LogP) is 5.36. The summed E-state index contributed by atoms with van der Waals surface area (Å²) in [5, 5.41) is 0. The molecule has 0 fully saturated rings. The average Bonchev–Trinajstić information content (AvgIpc) is 3.32. The lowest BCUT2D eigenvalue weighted by atomic mass is 10.1. The zero-order valence-electron chi connectivity index (χ0n) is 21.8. The van der Waals surface area contributed by atoms with Gasteiger partial charge in [0.15, 0.2) is 0 Å². The quantitative estimate of drug-likeness (QED) is 0.300. The summed E-state index contributed by atoms with van der Waals surface area (Å²) in [7, 11) is 1.55. The van der Waals surface area contributed by atoms with Crippen molar-refractivity contribution in [3.63, 3.8) is 0 Å². The van der Waals surface area contributed by atoms with Gasteiger partial charge in [0.05, 0.1) is 25.3 Å². The van der Waals surface area contributed by atoms with Crippen molar-refractivity contribution in [2.24, 2.45) is 0 Å². The summed E-state index contributed by atoms with van der Waals surface area (Å²) in [6.45, 7) is 3.26. The van der Waals surface area contributed by atoms with E-state index in [1.807, 2.05) is 54.0 Å². The molecule has 0 saturated carbocycles. The van der Waals surface area contributed by atoms with E-state index in [4.69, 9.17) is 4.74 Å². The first kappa shape index (κ1) is 29.0. The van der Waals surface area contributed by atoms with Crippen molar-refractivity contribution in [1.82, 2.24) is 14.4 Å². The molecule has 2 amide bonds. The van der Waals surface area contributed by atoms with Gasteiger partial charge in [0, 0.05) is 45.1 Å². The smallest absolute Gasteiger partial charge is 0.383 e. The molecule has 0 N–H and O–H groups in total. The van der Waals surface area contributed by atoms with Crippen molar-refractivity contribution >= 4 is 11.8 Å². The summed E-state index contributed by atoms with van der Waals surface area (Å²) in [5.74, 6) is -0.327. The van der Waals surface area contributed by atoms with Crippen molar-refractivity contribution in [2.75, 3.05) is 26.8 Å². The first-order chi connectivity index (χ1) is 18.2. The van der Waals surface area contributed by atoms with Crippen LogP contribution in [0.5, 0.6) is 0 Å². The summed E-state index contributed by atoms with van der Waals surface area (Å²) >= 11 is 0. The normalized spacial score (nSPS) is 11.4. The molecule has 0 aliphatic heterocycles. The summed E-state index contributed by atoms with van der Waals surface area (Å²) < 4.78 is 46.6. The molecule has 204 valence electrons. The lowest BCUT2D eigenvalue weighted by Crippen LogP contribution is -2.43. The third kappa shape index (κ3) is 8.48. The van der Waals surface area contributed by atoms with Gasteiger partial charge in [-0.1, -0.05) is 49.4 Å². The molecule has 1 heterocycles. The van der Waals surface area contributed by atoms with Crippen LogP contribution < -0.4 is 0 Å². The number of rotatable bonds is 13. The molecule has 0 atom stereocenters. The Bertz CT molecular complexity index is 1180. The number of methoxy groups -OCH3 is 1. The Morgan fingerprint density at radius 2 is 1.63 bits per heavy atom. The number of amides is 2. The molecule has 6 nitrogen and oxygen atoms in total. The first-order valence-corrected chi connectivity index (χ1v) is 12.6. The molecule has 0 unspecified atom stereocenters. The molecule has 38 heavy (non-hydrogen) atoms. The van der Waals surface area contributed by atoms with Crippen LogP contribution in [0.1, 0.15) is 42.1 Å². The maximum absolute atomic E-state index is 13.5. The number of hydrogen-bond acceptors (Lipinski definition) is 3. The van der Waals surface area contributed by atoms with Crippen LogP contribution in [0.2, 0.25) is 0 Å². The fraction of sp³-hybridized carbons (Fsp3) is 0.379. The summed E-state index contributed by atoms with van der Waals surface area (Å²) in [5.41, 5.74) is 1.52. The largest absolute Gasteiger partial charge is 0.416 e. The van der Waals surface area contributed by atoms with E-state index in [1.165, 1.54) is 11.0 Å².